The summed E-state index contributed by atoms with van der Waals surface area (Å²) in [6.07, 6.45) is 2.99. The molecule has 0 fully saturated rings. The van der Waals surface area contributed by atoms with Crippen molar-refractivity contribution in [2.45, 2.75) is 6.61 Å². The van der Waals surface area contributed by atoms with Crippen molar-refractivity contribution in [3.63, 3.8) is 0 Å². The van der Waals surface area contributed by atoms with Gasteiger partial charge in [-0.05, 0) is 24.3 Å². The van der Waals surface area contributed by atoms with Crippen molar-refractivity contribution in [1.29, 1.82) is 0 Å². The number of anilines is 1. The number of furan rings is 1. The summed E-state index contributed by atoms with van der Waals surface area (Å²) in [6.45, 7) is -0.0143. The van der Waals surface area contributed by atoms with E-state index >= 15 is 0 Å². The van der Waals surface area contributed by atoms with E-state index in [1.165, 1.54) is 38.7 Å². The summed E-state index contributed by atoms with van der Waals surface area (Å²) < 4.78 is 20.9. The lowest BCUT2D eigenvalue weighted by molar-refractivity contribution is 0.0468. The first-order chi connectivity index (χ1) is 13.6. The second-order valence-electron chi connectivity index (χ2n) is 5.58. The molecule has 0 aliphatic heterocycles. The Kier molecular flexibility index (Phi) is 5.91. The number of rotatable bonds is 7. The maximum Gasteiger partial charge on any atom is 0.340 e. The van der Waals surface area contributed by atoms with Gasteiger partial charge in [-0.3, -0.25) is 9.78 Å². The highest BCUT2D eigenvalue weighted by molar-refractivity contribution is 6.07. The molecule has 0 radical (unpaired) electrons. The number of carbonyl (C=O) groups excluding carboxylic acids is 2. The number of nitrogens with one attached hydrogen (secondary N) is 1. The fourth-order valence-electron chi connectivity index (χ4n) is 2.44. The predicted molar refractivity (Wildman–Crippen MR) is 99.6 cm³/mol. The largest absolute Gasteiger partial charge is 0.493 e. The Balaban J connectivity index is 1.88. The van der Waals surface area contributed by atoms with E-state index in [4.69, 9.17) is 18.6 Å². The highest BCUT2D eigenvalue weighted by Gasteiger charge is 2.21. The van der Waals surface area contributed by atoms with Crippen molar-refractivity contribution in [3.8, 4) is 11.5 Å². The fourth-order valence-corrected chi connectivity index (χ4v) is 2.44. The van der Waals surface area contributed by atoms with Crippen LogP contribution >= 0.6 is 0 Å². The number of hydrogen-bond donors (Lipinski definition) is 1. The first-order valence-electron chi connectivity index (χ1n) is 8.30. The molecule has 3 rings (SSSR count). The normalized spacial score (nSPS) is 10.2. The highest BCUT2D eigenvalue weighted by atomic mass is 16.5. The predicted octanol–water partition coefficient (Wildman–Crippen LogP) is 3.30. The maximum absolute atomic E-state index is 12.7. The van der Waals surface area contributed by atoms with Crippen molar-refractivity contribution in [3.05, 3.63) is 71.9 Å². The summed E-state index contributed by atoms with van der Waals surface area (Å²) in [4.78, 5) is 29.1. The number of hydrogen-bond acceptors (Lipinski definition) is 7. The van der Waals surface area contributed by atoms with Gasteiger partial charge in [0, 0.05) is 18.3 Å². The number of pyridine rings is 1. The quantitative estimate of drug-likeness (QED) is 0.626. The molecule has 0 atom stereocenters. The summed E-state index contributed by atoms with van der Waals surface area (Å²) in [7, 11) is 2.90. The van der Waals surface area contributed by atoms with Gasteiger partial charge in [-0.2, -0.15) is 0 Å². The summed E-state index contributed by atoms with van der Waals surface area (Å²) >= 11 is 0. The van der Waals surface area contributed by atoms with Crippen LogP contribution in [-0.4, -0.2) is 31.1 Å². The number of aromatic nitrogens is 1. The van der Waals surface area contributed by atoms with E-state index in [1.54, 1.807) is 30.5 Å². The van der Waals surface area contributed by atoms with Crippen LogP contribution < -0.4 is 14.8 Å². The van der Waals surface area contributed by atoms with Gasteiger partial charge in [0.25, 0.3) is 5.91 Å². The number of amides is 1. The summed E-state index contributed by atoms with van der Waals surface area (Å²) in [5.74, 6) is -0.401. The molecule has 8 heteroatoms. The Morgan fingerprint density at radius 3 is 2.50 bits per heavy atom. The lowest BCUT2D eigenvalue weighted by Gasteiger charge is -2.15. The third-order valence-corrected chi connectivity index (χ3v) is 3.81. The van der Waals surface area contributed by atoms with Gasteiger partial charge in [-0.1, -0.05) is 6.07 Å². The number of esters is 1. The molecule has 1 aromatic carbocycles. The zero-order valence-electron chi connectivity index (χ0n) is 15.3. The SMILES string of the molecule is COc1cc(NC(=O)c2ccco2)c(C(=O)OCc2ccccn2)cc1OC. The molecule has 0 spiro atoms. The number of benzene rings is 1. The van der Waals surface area contributed by atoms with Crippen molar-refractivity contribution in [1.82, 2.24) is 4.98 Å². The molecule has 3 aromatic rings. The molecule has 0 saturated carbocycles. The smallest absolute Gasteiger partial charge is 0.340 e. The third kappa shape index (κ3) is 4.29. The molecule has 2 aromatic heterocycles. The molecule has 1 N–H and O–H groups in total. The fraction of sp³-hybridized carbons (Fsp3) is 0.150. The van der Waals surface area contributed by atoms with Crippen LogP contribution in [0, 0.1) is 0 Å². The van der Waals surface area contributed by atoms with Crippen LogP contribution in [0.2, 0.25) is 0 Å². The van der Waals surface area contributed by atoms with Gasteiger partial charge < -0.3 is 23.9 Å². The van der Waals surface area contributed by atoms with E-state index in [0.29, 0.717) is 17.2 Å². The first-order valence-corrected chi connectivity index (χ1v) is 8.30. The van der Waals surface area contributed by atoms with Gasteiger partial charge in [0.05, 0.1) is 37.4 Å². The van der Waals surface area contributed by atoms with Crippen LogP contribution in [-0.2, 0) is 11.3 Å². The van der Waals surface area contributed by atoms with E-state index in [0.717, 1.165) is 0 Å². The zero-order valence-corrected chi connectivity index (χ0v) is 15.3. The Bertz CT molecular complexity index is 954. The number of methoxy groups -OCH3 is 2. The molecule has 0 saturated heterocycles. The Labute approximate surface area is 161 Å². The average Bonchev–Trinajstić information content (AvgIpc) is 3.27. The van der Waals surface area contributed by atoms with Gasteiger partial charge in [0.15, 0.2) is 17.3 Å². The van der Waals surface area contributed by atoms with E-state index in [9.17, 15) is 9.59 Å². The lowest BCUT2D eigenvalue weighted by atomic mass is 10.1. The lowest BCUT2D eigenvalue weighted by Crippen LogP contribution is -2.16. The average molecular weight is 382 g/mol. The van der Waals surface area contributed by atoms with Crippen LogP contribution in [0.25, 0.3) is 0 Å². The zero-order chi connectivity index (χ0) is 19.9. The minimum Gasteiger partial charge on any atom is -0.493 e. The number of ether oxygens (including phenoxy) is 3. The monoisotopic (exact) mass is 382 g/mol. The van der Waals surface area contributed by atoms with Crippen molar-refractivity contribution >= 4 is 17.6 Å². The van der Waals surface area contributed by atoms with Crippen LogP contribution in [0.3, 0.4) is 0 Å². The highest BCUT2D eigenvalue weighted by Crippen LogP contribution is 2.34. The van der Waals surface area contributed by atoms with Crippen LogP contribution in [0.15, 0.2) is 59.3 Å². The van der Waals surface area contributed by atoms with Crippen molar-refractivity contribution < 1.29 is 28.2 Å². The Hall–Kier alpha value is -3.81. The number of carbonyl (C=O) groups is 2. The van der Waals surface area contributed by atoms with E-state index < -0.39 is 11.9 Å². The minimum absolute atomic E-state index is 0.0143. The van der Waals surface area contributed by atoms with Gasteiger partial charge in [-0.25, -0.2) is 4.79 Å². The maximum atomic E-state index is 12.7. The molecule has 0 unspecified atom stereocenters. The molecule has 28 heavy (non-hydrogen) atoms. The second-order valence-corrected chi connectivity index (χ2v) is 5.58. The van der Waals surface area contributed by atoms with E-state index in [1.807, 2.05) is 0 Å². The van der Waals surface area contributed by atoms with Gasteiger partial charge in [-0.15, -0.1) is 0 Å². The molecule has 2 heterocycles. The summed E-state index contributed by atoms with van der Waals surface area (Å²) in [5, 5.41) is 2.63. The van der Waals surface area contributed by atoms with Crippen LogP contribution in [0.5, 0.6) is 11.5 Å². The standard InChI is InChI=1S/C20H18N2O6/c1-25-17-10-14(20(24)28-12-13-6-3-4-8-21-13)15(11-18(17)26-2)22-19(23)16-7-5-9-27-16/h3-11H,12H2,1-2H3,(H,22,23). The minimum atomic E-state index is -0.652. The molecular weight excluding hydrogens is 364 g/mol. The van der Waals surface area contributed by atoms with Crippen molar-refractivity contribution in [2.75, 3.05) is 19.5 Å². The van der Waals surface area contributed by atoms with Crippen LogP contribution in [0.1, 0.15) is 26.6 Å². The topological polar surface area (TPSA) is 99.9 Å². The van der Waals surface area contributed by atoms with E-state index in [2.05, 4.69) is 10.3 Å². The first kappa shape index (κ1) is 19.0. The molecule has 0 aliphatic rings. The molecule has 1 amide bonds. The third-order valence-electron chi connectivity index (χ3n) is 3.81. The molecule has 0 aliphatic carbocycles. The Morgan fingerprint density at radius 1 is 1.07 bits per heavy atom. The Morgan fingerprint density at radius 2 is 1.86 bits per heavy atom. The van der Waals surface area contributed by atoms with E-state index in [-0.39, 0.29) is 23.6 Å². The summed E-state index contributed by atoms with van der Waals surface area (Å²) in [6, 6.07) is 11.3. The summed E-state index contributed by atoms with van der Waals surface area (Å²) in [5.41, 5.74) is 0.899. The molecule has 0 bridgehead atoms. The number of nitrogens with zero attached hydrogens (tertiary/aromatic N) is 1. The molecule has 8 nitrogen and oxygen atoms in total. The van der Waals surface area contributed by atoms with Crippen LogP contribution in [0.4, 0.5) is 5.69 Å². The molecular formula is C20H18N2O6. The van der Waals surface area contributed by atoms with Crippen molar-refractivity contribution in [2.24, 2.45) is 0 Å². The second kappa shape index (κ2) is 8.72. The van der Waals surface area contributed by atoms with Gasteiger partial charge in [0.1, 0.15) is 6.61 Å². The van der Waals surface area contributed by atoms with Gasteiger partial charge in [0.2, 0.25) is 0 Å². The van der Waals surface area contributed by atoms with Gasteiger partial charge >= 0.3 is 5.97 Å². The molecule has 144 valence electrons.